The van der Waals surface area contributed by atoms with Crippen LogP contribution in [0.1, 0.15) is 26.2 Å². The largest absolute Gasteiger partial charge is 0.355 e. The lowest BCUT2D eigenvalue weighted by Crippen LogP contribution is -2.52. The van der Waals surface area contributed by atoms with Crippen molar-refractivity contribution in [2.75, 3.05) is 26.7 Å². The van der Waals surface area contributed by atoms with Crippen LogP contribution in [-0.2, 0) is 9.59 Å². The number of carbonyl (C=O) groups excluding carboxylic acids is 2. The van der Waals surface area contributed by atoms with Crippen LogP contribution in [0.2, 0.25) is 0 Å². The second kappa shape index (κ2) is 4.64. The zero-order valence-corrected chi connectivity index (χ0v) is 10.6. The molecule has 2 rings (SSSR count). The van der Waals surface area contributed by atoms with Gasteiger partial charge < -0.3 is 15.5 Å². The van der Waals surface area contributed by atoms with E-state index in [1.807, 2.05) is 11.9 Å². The van der Waals surface area contributed by atoms with Crippen molar-refractivity contribution >= 4 is 11.8 Å². The Bertz CT molecular complexity index is 322. The van der Waals surface area contributed by atoms with Gasteiger partial charge in [-0.25, -0.2) is 0 Å². The van der Waals surface area contributed by atoms with Crippen LogP contribution in [0.4, 0.5) is 0 Å². The van der Waals surface area contributed by atoms with Crippen molar-refractivity contribution in [3.63, 3.8) is 0 Å². The second-order valence-corrected chi connectivity index (χ2v) is 5.34. The first-order valence-electron chi connectivity index (χ1n) is 6.28. The molecular weight excluding hydrogens is 218 g/mol. The summed E-state index contributed by atoms with van der Waals surface area (Å²) in [6.07, 6.45) is 2.31. The Morgan fingerprint density at radius 2 is 2.12 bits per heavy atom. The molecule has 2 fully saturated rings. The van der Waals surface area contributed by atoms with E-state index in [0.29, 0.717) is 13.0 Å². The highest BCUT2D eigenvalue weighted by Crippen LogP contribution is 2.23. The molecule has 5 heteroatoms. The van der Waals surface area contributed by atoms with E-state index in [4.69, 9.17) is 0 Å². The molecular formula is C12H21N3O2. The standard InChI is InChI=1S/C12H21N3O2/c1-12(13-2)3-5-15(6-4-12)11(17)9-7-10(16)14-8-9/h9,13H,3-8H2,1-2H3,(H,14,16). The van der Waals surface area contributed by atoms with Gasteiger partial charge in [0.1, 0.15) is 0 Å². The van der Waals surface area contributed by atoms with Crippen molar-refractivity contribution in [2.45, 2.75) is 31.7 Å². The van der Waals surface area contributed by atoms with Crippen molar-refractivity contribution in [1.29, 1.82) is 0 Å². The fourth-order valence-electron chi connectivity index (χ4n) is 2.51. The van der Waals surface area contributed by atoms with E-state index in [2.05, 4.69) is 17.6 Å². The number of amides is 2. The van der Waals surface area contributed by atoms with Crippen LogP contribution in [0.25, 0.3) is 0 Å². The summed E-state index contributed by atoms with van der Waals surface area (Å²) in [6.45, 7) is 4.29. The highest BCUT2D eigenvalue weighted by Gasteiger charge is 2.35. The molecule has 1 unspecified atom stereocenters. The quantitative estimate of drug-likeness (QED) is 0.697. The number of hydrogen-bond acceptors (Lipinski definition) is 3. The predicted molar refractivity (Wildman–Crippen MR) is 64.4 cm³/mol. The monoisotopic (exact) mass is 239 g/mol. The zero-order valence-electron chi connectivity index (χ0n) is 10.6. The van der Waals surface area contributed by atoms with Gasteiger partial charge in [0.15, 0.2) is 0 Å². The summed E-state index contributed by atoms with van der Waals surface area (Å²) in [5.41, 5.74) is 0.153. The molecule has 0 bridgehead atoms. The number of rotatable bonds is 2. The van der Waals surface area contributed by atoms with E-state index >= 15 is 0 Å². The van der Waals surface area contributed by atoms with Gasteiger partial charge in [-0.2, -0.15) is 0 Å². The number of hydrogen-bond donors (Lipinski definition) is 2. The molecule has 0 aromatic heterocycles. The first-order chi connectivity index (χ1) is 8.04. The minimum absolute atomic E-state index is 0.000391. The first kappa shape index (κ1) is 12.4. The maximum absolute atomic E-state index is 12.2. The smallest absolute Gasteiger partial charge is 0.227 e. The fourth-order valence-corrected chi connectivity index (χ4v) is 2.51. The molecule has 0 radical (unpaired) electrons. The lowest BCUT2D eigenvalue weighted by atomic mass is 9.89. The SMILES string of the molecule is CNC1(C)CCN(C(=O)C2CNC(=O)C2)CC1. The molecule has 0 aromatic carbocycles. The summed E-state index contributed by atoms with van der Waals surface area (Å²) in [5.74, 6) is 0.00312. The number of carbonyl (C=O) groups is 2. The van der Waals surface area contributed by atoms with E-state index in [-0.39, 0.29) is 23.3 Å². The Morgan fingerprint density at radius 3 is 2.59 bits per heavy atom. The molecule has 2 saturated heterocycles. The molecule has 96 valence electrons. The molecule has 2 heterocycles. The maximum atomic E-state index is 12.2. The first-order valence-corrected chi connectivity index (χ1v) is 6.28. The van der Waals surface area contributed by atoms with E-state index in [1.54, 1.807) is 0 Å². The fraction of sp³-hybridized carbons (Fsp3) is 0.833. The van der Waals surface area contributed by atoms with Crippen LogP contribution in [0.5, 0.6) is 0 Å². The van der Waals surface area contributed by atoms with Crippen LogP contribution < -0.4 is 10.6 Å². The highest BCUT2D eigenvalue weighted by atomic mass is 16.2. The summed E-state index contributed by atoms with van der Waals surface area (Å²) < 4.78 is 0. The molecule has 0 aliphatic carbocycles. The molecule has 0 spiro atoms. The second-order valence-electron chi connectivity index (χ2n) is 5.34. The van der Waals surface area contributed by atoms with E-state index in [9.17, 15) is 9.59 Å². The molecule has 2 N–H and O–H groups in total. The van der Waals surface area contributed by atoms with Gasteiger partial charge in [0.05, 0.1) is 5.92 Å². The molecule has 1 atom stereocenters. The Kier molecular flexibility index (Phi) is 3.38. The van der Waals surface area contributed by atoms with Gasteiger partial charge in [-0.3, -0.25) is 9.59 Å². The molecule has 0 saturated carbocycles. The van der Waals surface area contributed by atoms with Gasteiger partial charge in [0, 0.05) is 31.6 Å². The van der Waals surface area contributed by atoms with Crippen LogP contribution >= 0.6 is 0 Å². The Balaban J connectivity index is 1.88. The Labute approximate surface area is 102 Å². The third-order valence-electron chi connectivity index (χ3n) is 4.11. The topological polar surface area (TPSA) is 61.4 Å². The predicted octanol–water partition coefficient (Wildman–Crippen LogP) is -0.277. The lowest BCUT2D eigenvalue weighted by molar-refractivity contribution is -0.137. The number of nitrogens with one attached hydrogen (secondary N) is 2. The summed E-state index contributed by atoms with van der Waals surface area (Å²) >= 11 is 0. The highest BCUT2D eigenvalue weighted by molar-refractivity contribution is 5.89. The van der Waals surface area contributed by atoms with E-state index in [1.165, 1.54) is 0 Å². The average Bonchev–Trinajstić information content (AvgIpc) is 2.76. The molecule has 2 aliphatic heterocycles. The third-order valence-corrected chi connectivity index (χ3v) is 4.11. The summed E-state index contributed by atoms with van der Waals surface area (Å²) in [5, 5.41) is 6.03. The van der Waals surface area contributed by atoms with Gasteiger partial charge >= 0.3 is 0 Å². The van der Waals surface area contributed by atoms with E-state index < -0.39 is 0 Å². The molecule has 2 amide bonds. The lowest BCUT2D eigenvalue weighted by Gasteiger charge is -2.40. The summed E-state index contributed by atoms with van der Waals surface area (Å²) in [4.78, 5) is 25.2. The van der Waals surface area contributed by atoms with Gasteiger partial charge in [-0.15, -0.1) is 0 Å². The third kappa shape index (κ3) is 2.60. The van der Waals surface area contributed by atoms with Crippen LogP contribution in [0.15, 0.2) is 0 Å². The normalized spacial score (nSPS) is 28.0. The van der Waals surface area contributed by atoms with Crippen LogP contribution in [-0.4, -0.2) is 48.9 Å². The number of nitrogens with zero attached hydrogens (tertiary/aromatic N) is 1. The van der Waals surface area contributed by atoms with Gasteiger partial charge in [0.25, 0.3) is 0 Å². The molecule has 17 heavy (non-hydrogen) atoms. The summed E-state index contributed by atoms with van der Waals surface area (Å²) in [7, 11) is 1.97. The van der Waals surface area contributed by atoms with Crippen LogP contribution in [0, 0.1) is 5.92 Å². The average molecular weight is 239 g/mol. The van der Waals surface area contributed by atoms with Gasteiger partial charge in [-0.05, 0) is 26.8 Å². The Morgan fingerprint density at radius 1 is 1.47 bits per heavy atom. The van der Waals surface area contributed by atoms with Crippen LogP contribution in [0.3, 0.4) is 0 Å². The van der Waals surface area contributed by atoms with Crippen molar-refractivity contribution in [1.82, 2.24) is 15.5 Å². The Hall–Kier alpha value is -1.10. The van der Waals surface area contributed by atoms with Crippen molar-refractivity contribution < 1.29 is 9.59 Å². The number of likely N-dealkylation sites (tertiary alicyclic amines) is 1. The van der Waals surface area contributed by atoms with Gasteiger partial charge in [0.2, 0.25) is 11.8 Å². The maximum Gasteiger partial charge on any atom is 0.227 e. The van der Waals surface area contributed by atoms with Crippen molar-refractivity contribution in [3.8, 4) is 0 Å². The molecule has 5 nitrogen and oxygen atoms in total. The molecule has 0 aromatic rings. The summed E-state index contributed by atoms with van der Waals surface area (Å²) in [6, 6.07) is 0. The van der Waals surface area contributed by atoms with Crippen molar-refractivity contribution in [2.24, 2.45) is 5.92 Å². The van der Waals surface area contributed by atoms with E-state index in [0.717, 1.165) is 25.9 Å². The molecule has 2 aliphatic rings. The van der Waals surface area contributed by atoms with Gasteiger partial charge in [-0.1, -0.05) is 0 Å². The van der Waals surface area contributed by atoms with Crippen molar-refractivity contribution in [3.05, 3.63) is 0 Å². The number of piperidine rings is 1. The minimum atomic E-state index is -0.138. The minimum Gasteiger partial charge on any atom is -0.355 e. The zero-order chi connectivity index (χ0) is 12.5.